The van der Waals surface area contributed by atoms with Gasteiger partial charge in [-0.2, -0.15) is 0 Å². The predicted octanol–water partition coefficient (Wildman–Crippen LogP) is 3.68. The zero-order valence-corrected chi connectivity index (χ0v) is 12.6. The molecular formula is C15H16ClN3O2. The van der Waals surface area contributed by atoms with Crippen molar-refractivity contribution in [2.24, 2.45) is 0 Å². The number of halogens is 1. The maximum Gasteiger partial charge on any atom is 0.275 e. The van der Waals surface area contributed by atoms with Gasteiger partial charge in [-0.25, -0.2) is 4.98 Å². The Bertz CT molecular complexity index is 709. The van der Waals surface area contributed by atoms with Crippen molar-refractivity contribution in [1.29, 1.82) is 0 Å². The van der Waals surface area contributed by atoms with Gasteiger partial charge in [-0.3, -0.25) is 10.1 Å². The second-order valence-corrected chi connectivity index (χ2v) is 5.81. The fraction of sp³-hybridized carbons (Fsp3) is 0.400. The number of nitrogens with zero attached hydrogens (tertiary/aromatic N) is 3. The average Bonchev–Trinajstić information content (AvgIpc) is 2.77. The summed E-state index contributed by atoms with van der Waals surface area (Å²) in [6, 6.07) is 4.84. The second kappa shape index (κ2) is 5.48. The van der Waals surface area contributed by atoms with Crippen molar-refractivity contribution < 1.29 is 4.92 Å². The van der Waals surface area contributed by atoms with Crippen LogP contribution < -0.4 is 0 Å². The van der Waals surface area contributed by atoms with Crippen molar-refractivity contribution in [3.05, 3.63) is 56.1 Å². The first-order chi connectivity index (χ1) is 10.1. The van der Waals surface area contributed by atoms with Crippen molar-refractivity contribution in [1.82, 2.24) is 9.55 Å². The monoisotopic (exact) mass is 305 g/mol. The Morgan fingerprint density at radius 1 is 1.38 bits per heavy atom. The molecule has 5 nitrogen and oxygen atoms in total. The van der Waals surface area contributed by atoms with Gasteiger partial charge in [0, 0.05) is 22.3 Å². The molecule has 0 aliphatic heterocycles. The van der Waals surface area contributed by atoms with E-state index in [1.165, 1.54) is 18.2 Å². The SMILES string of the molecule is Cc1nc2c(n1Cc1ccc(Cl)cc1[N+](=O)[O-])CCCC2. The molecular weight excluding hydrogens is 290 g/mol. The summed E-state index contributed by atoms with van der Waals surface area (Å²) in [5.74, 6) is 0.922. The summed E-state index contributed by atoms with van der Waals surface area (Å²) in [5.41, 5.74) is 3.11. The maximum atomic E-state index is 11.2. The Labute approximate surface area is 127 Å². The van der Waals surface area contributed by atoms with Crippen molar-refractivity contribution >= 4 is 17.3 Å². The van der Waals surface area contributed by atoms with E-state index < -0.39 is 0 Å². The van der Waals surface area contributed by atoms with Crippen LogP contribution in [0.1, 0.15) is 35.6 Å². The van der Waals surface area contributed by atoms with E-state index in [-0.39, 0.29) is 10.6 Å². The first kappa shape index (κ1) is 14.1. The second-order valence-electron chi connectivity index (χ2n) is 5.38. The minimum atomic E-state index is -0.375. The van der Waals surface area contributed by atoms with E-state index in [2.05, 4.69) is 9.55 Å². The third-order valence-electron chi connectivity index (χ3n) is 4.00. The third-order valence-corrected chi connectivity index (χ3v) is 4.23. The maximum absolute atomic E-state index is 11.2. The smallest absolute Gasteiger partial charge is 0.275 e. The standard InChI is InChI=1S/C15H16ClN3O2/c1-10-17-13-4-2-3-5-14(13)18(10)9-11-6-7-12(16)8-15(11)19(20)21/h6-8H,2-5,9H2,1H3. The number of aromatic nitrogens is 2. The molecule has 0 N–H and O–H groups in total. The van der Waals surface area contributed by atoms with Crippen LogP contribution >= 0.6 is 11.6 Å². The van der Waals surface area contributed by atoms with Crippen molar-refractivity contribution in [2.45, 2.75) is 39.2 Å². The molecule has 0 spiro atoms. The topological polar surface area (TPSA) is 61.0 Å². The van der Waals surface area contributed by atoms with E-state index in [1.54, 1.807) is 12.1 Å². The molecule has 0 radical (unpaired) electrons. The fourth-order valence-electron chi connectivity index (χ4n) is 2.96. The summed E-state index contributed by atoms with van der Waals surface area (Å²) in [4.78, 5) is 15.4. The number of imidazole rings is 1. The molecule has 1 aromatic heterocycles. The van der Waals surface area contributed by atoms with Gasteiger partial charge in [-0.15, -0.1) is 0 Å². The Balaban J connectivity index is 2.01. The summed E-state index contributed by atoms with van der Waals surface area (Å²) in [5, 5.41) is 11.6. The number of nitro benzene ring substituents is 1. The number of benzene rings is 1. The molecule has 1 heterocycles. The van der Waals surface area contributed by atoms with Crippen LogP contribution in [0.15, 0.2) is 18.2 Å². The van der Waals surface area contributed by atoms with E-state index >= 15 is 0 Å². The van der Waals surface area contributed by atoms with Gasteiger partial charge < -0.3 is 4.57 Å². The molecule has 2 aromatic rings. The van der Waals surface area contributed by atoms with Gasteiger partial charge in [0.15, 0.2) is 0 Å². The summed E-state index contributed by atoms with van der Waals surface area (Å²) in [6.45, 7) is 2.43. The highest BCUT2D eigenvalue weighted by molar-refractivity contribution is 6.30. The summed E-state index contributed by atoms with van der Waals surface area (Å²) in [7, 11) is 0. The highest BCUT2D eigenvalue weighted by atomic mass is 35.5. The van der Waals surface area contributed by atoms with Gasteiger partial charge in [0.1, 0.15) is 5.82 Å². The van der Waals surface area contributed by atoms with E-state index in [1.807, 2.05) is 6.92 Å². The van der Waals surface area contributed by atoms with Crippen LogP contribution in [0.5, 0.6) is 0 Å². The lowest BCUT2D eigenvalue weighted by molar-refractivity contribution is -0.385. The number of hydrogen-bond donors (Lipinski definition) is 0. The average molecular weight is 306 g/mol. The summed E-state index contributed by atoms with van der Waals surface area (Å²) >= 11 is 5.87. The van der Waals surface area contributed by atoms with Gasteiger partial charge in [0.25, 0.3) is 5.69 Å². The molecule has 1 aliphatic carbocycles. The quantitative estimate of drug-likeness (QED) is 0.642. The minimum Gasteiger partial charge on any atom is -0.327 e. The van der Waals surface area contributed by atoms with E-state index in [0.717, 1.165) is 30.8 Å². The molecule has 110 valence electrons. The first-order valence-corrected chi connectivity index (χ1v) is 7.42. The minimum absolute atomic E-state index is 0.0696. The van der Waals surface area contributed by atoms with Crippen LogP contribution in [0.3, 0.4) is 0 Å². The van der Waals surface area contributed by atoms with Crippen molar-refractivity contribution in [2.75, 3.05) is 0 Å². The third kappa shape index (κ3) is 2.65. The molecule has 1 aliphatic rings. The Morgan fingerprint density at radius 3 is 2.90 bits per heavy atom. The highest BCUT2D eigenvalue weighted by Gasteiger charge is 2.21. The van der Waals surface area contributed by atoms with Crippen LogP contribution in [0.4, 0.5) is 5.69 Å². The number of aryl methyl sites for hydroxylation is 2. The number of fused-ring (bicyclic) bond motifs is 1. The van der Waals surface area contributed by atoms with Crippen LogP contribution in [0.25, 0.3) is 0 Å². The van der Waals surface area contributed by atoms with Gasteiger partial charge in [-0.1, -0.05) is 11.6 Å². The van der Waals surface area contributed by atoms with Gasteiger partial charge in [0.2, 0.25) is 0 Å². The lowest BCUT2D eigenvalue weighted by Crippen LogP contribution is -2.11. The number of hydrogen-bond acceptors (Lipinski definition) is 3. The predicted molar refractivity (Wildman–Crippen MR) is 80.8 cm³/mol. The molecule has 0 fully saturated rings. The zero-order valence-electron chi connectivity index (χ0n) is 11.8. The molecule has 21 heavy (non-hydrogen) atoms. The largest absolute Gasteiger partial charge is 0.327 e. The highest BCUT2D eigenvalue weighted by Crippen LogP contribution is 2.27. The Kier molecular flexibility index (Phi) is 3.68. The molecule has 0 saturated carbocycles. The normalized spacial score (nSPS) is 14.0. The molecule has 3 rings (SSSR count). The van der Waals surface area contributed by atoms with Crippen LogP contribution in [0.2, 0.25) is 5.02 Å². The molecule has 0 amide bonds. The number of rotatable bonds is 3. The van der Waals surface area contributed by atoms with E-state index in [4.69, 9.17) is 11.6 Å². The molecule has 0 bridgehead atoms. The van der Waals surface area contributed by atoms with Crippen LogP contribution in [-0.4, -0.2) is 14.5 Å². The van der Waals surface area contributed by atoms with Crippen LogP contribution in [-0.2, 0) is 19.4 Å². The molecule has 0 unspecified atom stereocenters. The first-order valence-electron chi connectivity index (χ1n) is 7.04. The molecule has 0 atom stereocenters. The van der Waals surface area contributed by atoms with Gasteiger partial charge >= 0.3 is 0 Å². The van der Waals surface area contributed by atoms with Gasteiger partial charge in [0.05, 0.1) is 17.2 Å². The molecule has 0 saturated heterocycles. The summed E-state index contributed by atoms with van der Waals surface area (Å²) in [6.07, 6.45) is 4.33. The molecule has 6 heteroatoms. The van der Waals surface area contributed by atoms with E-state index in [0.29, 0.717) is 17.1 Å². The lowest BCUT2D eigenvalue weighted by atomic mass is 10.0. The fourth-order valence-corrected chi connectivity index (χ4v) is 3.12. The lowest BCUT2D eigenvalue weighted by Gasteiger charge is -2.15. The Hall–Kier alpha value is -1.88. The van der Waals surface area contributed by atoms with Gasteiger partial charge in [-0.05, 0) is 44.7 Å². The zero-order chi connectivity index (χ0) is 15.0. The van der Waals surface area contributed by atoms with Crippen molar-refractivity contribution in [3.63, 3.8) is 0 Å². The molecule has 1 aromatic carbocycles. The van der Waals surface area contributed by atoms with Crippen molar-refractivity contribution in [3.8, 4) is 0 Å². The Morgan fingerprint density at radius 2 is 2.14 bits per heavy atom. The van der Waals surface area contributed by atoms with Crippen LogP contribution in [0, 0.1) is 17.0 Å². The summed E-state index contributed by atoms with van der Waals surface area (Å²) < 4.78 is 2.10. The van der Waals surface area contributed by atoms with E-state index in [9.17, 15) is 10.1 Å². The number of nitro groups is 1.